The Labute approximate surface area is 210 Å². The number of fused-ring (bicyclic) bond motifs is 1. The van der Waals surface area contributed by atoms with Gasteiger partial charge in [0.15, 0.2) is 11.5 Å². The highest BCUT2D eigenvalue weighted by atomic mass is 35.5. The van der Waals surface area contributed by atoms with Gasteiger partial charge >= 0.3 is 0 Å². The number of hydrogen-bond donors (Lipinski definition) is 1. The fourth-order valence-corrected chi connectivity index (χ4v) is 3.88. The van der Waals surface area contributed by atoms with E-state index in [1.807, 2.05) is 6.92 Å². The molecule has 3 aromatic carbocycles. The van der Waals surface area contributed by atoms with E-state index in [9.17, 15) is 9.65 Å². The molecule has 1 aromatic heterocycles. The Morgan fingerprint density at radius 3 is 2.62 bits per heavy atom. The first kappa shape index (κ1) is 23.9. The number of aromatic nitrogens is 2. The molecule has 0 bridgehead atoms. The van der Waals surface area contributed by atoms with Crippen LogP contribution >= 0.6 is 34.8 Å². The number of halogens is 4. The number of nitrogens with zero attached hydrogens (tertiary/aromatic N) is 2. The summed E-state index contributed by atoms with van der Waals surface area (Å²) in [7, 11) is 0. The Morgan fingerprint density at radius 1 is 1.06 bits per heavy atom. The van der Waals surface area contributed by atoms with Gasteiger partial charge in [-0.25, -0.2) is 9.37 Å². The van der Waals surface area contributed by atoms with Crippen LogP contribution in [0.3, 0.4) is 0 Å². The number of nitriles is 1. The summed E-state index contributed by atoms with van der Waals surface area (Å²) in [6.45, 7) is 2.42. The summed E-state index contributed by atoms with van der Waals surface area (Å²) in [5.74, 6) is 0.710. The van der Waals surface area contributed by atoms with Crippen molar-refractivity contribution in [2.45, 2.75) is 13.5 Å². The smallest absolute Gasteiger partial charge is 0.180 e. The number of ether oxygens (including phenoxy) is 2. The van der Waals surface area contributed by atoms with E-state index in [2.05, 4.69) is 16.0 Å². The van der Waals surface area contributed by atoms with E-state index >= 15 is 0 Å². The molecule has 0 saturated carbocycles. The number of allylic oxidation sites excluding steroid dienone is 1. The van der Waals surface area contributed by atoms with Gasteiger partial charge in [-0.05, 0) is 66.6 Å². The summed E-state index contributed by atoms with van der Waals surface area (Å²) in [6, 6.07) is 14.9. The molecule has 0 amide bonds. The van der Waals surface area contributed by atoms with E-state index in [0.717, 1.165) is 5.56 Å². The minimum Gasteiger partial charge on any atom is -0.490 e. The van der Waals surface area contributed by atoms with Gasteiger partial charge in [0.05, 0.1) is 38.3 Å². The topological polar surface area (TPSA) is 70.9 Å². The van der Waals surface area contributed by atoms with Crippen molar-refractivity contribution in [3.8, 4) is 17.6 Å². The van der Waals surface area contributed by atoms with Crippen LogP contribution in [0.1, 0.15) is 23.9 Å². The van der Waals surface area contributed by atoms with E-state index in [1.54, 1.807) is 42.5 Å². The van der Waals surface area contributed by atoms with Gasteiger partial charge in [0.2, 0.25) is 0 Å². The second-order valence-electron chi connectivity index (χ2n) is 7.22. The Hall–Kier alpha value is -3.24. The Kier molecular flexibility index (Phi) is 7.28. The molecular weight excluding hydrogens is 500 g/mol. The zero-order valence-electron chi connectivity index (χ0n) is 17.8. The minimum atomic E-state index is -0.394. The molecule has 34 heavy (non-hydrogen) atoms. The molecule has 0 fully saturated rings. The maximum Gasteiger partial charge on any atom is 0.180 e. The standard InChI is InChI=1S/C25H17Cl3FN3O2/c1-2-33-23-10-15(7-16(12-30)25-31-21-6-4-17(29)11-22(21)32-25)9-20(28)24(23)34-13-14-3-5-18(26)19(27)8-14/h3-11H,2,13H2,1H3,(H,31,32)/b16-7-. The lowest BCUT2D eigenvalue weighted by molar-refractivity contribution is 0.269. The van der Waals surface area contributed by atoms with Crippen molar-refractivity contribution in [3.63, 3.8) is 0 Å². The third-order valence-electron chi connectivity index (χ3n) is 4.83. The first-order valence-corrected chi connectivity index (χ1v) is 11.3. The monoisotopic (exact) mass is 515 g/mol. The van der Waals surface area contributed by atoms with Gasteiger partial charge in [0, 0.05) is 0 Å². The van der Waals surface area contributed by atoms with Crippen molar-refractivity contribution in [1.29, 1.82) is 5.26 Å². The second-order valence-corrected chi connectivity index (χ2v) is 8.44. The number of hydrogen-bond acceptors (Lipinski definition) is 4. The maximum atomic E-state index is 13.5. The molecule has 9 heteroatoms. The van der Waals surface area contributed by atoms with E-state index in [0.29, 0.717) is 55.6 Å². The first-order chi connectivity index (χ1) is 16.4. The van der Waals surface area contributed by atoms with Crippen LogP contribution in [0.4, 0.5) is 4.39 Å². The highest BCUT2D eigenvalue weighted by molar-refractivity contribution is 6.42. The minimum absolute atomic E-state index is 0.199. The SMILES string of the molecule is CCOc1cc(/C=C(/C#N)c2nc3ccc(F)cc3[nH]2)cc(Cl)c1OCc1ccc(Cl)c(Cl)c1. The molecule has 4 rings (SSSR count). The van der Waals surface area contributed by atoms with Gasteiger partial charge in [0.25, 0.3) is 0 Å². The molecule has 1 N–H and O–H groups in total. The summed E-state index contributed by atoms with van der Waals surface area (Å²) < 4.78 is 25.2. The van der Waals surface area contributed by atoms with Crippen LogP contribution in [-0.4, -0.2) is 16.6 Å². The average molecular weight is 517 g/mol. The molecular formula is C25H17Cl3FN3O2. The molecule has 5 nitrogen and oxygen atoms in total. The molecule has 0 saturated heterocycles. The van der Waals surface area contributed by atoms with Crippen LogP contribution in [0.15, 0.2) is 48.5 Å². The predicted molar refractivity (Wildman–Crippen MR) is 133 cm³/mol. The quantitative estimate of drug-likeness (QED) is 0.255. The summed E-state index contributed by atoms with van der Waals surface area (Å²) in [4.78, 5) is 7.34. The van der Waals surface area contributed by atoms with Crippen molar-refractivity contribution in [3.05, 3.63) is 86.4 Å². The van der Waals surface area contributed by atoms with Crippen molar-refractivity contribution < 1.29 is 13.9 Å². The van der Waals surface area contributed by atoms with Gasteiger partial charge in [0.1, 0.15) is 24.3 Å². The average Bonchev–Trinajstić information content (AvgIpc) is 3.22. The van der Waals surface area contributed by atoms with Crippen molar-refractivity contribution >= 4 is 57.5 Å². The third kappa shape index (κ3) is 5.28. The molecule has 0 spiro atoms. The zero-order chi connectivity index (χ0) is 24.2. The molecule has 0 atom stereocenters. The Bertz CT molecular complexity index is 1440. The van der Waals surface area contributed by atoms with Crippen molar-refractivity contribution in [1.82, 2.24) is 9.97 Å². The Balaban J connectivity index is 1.65. The van der Waals surface area contributed by atoms with E-state index in [4.69, 9.17) is 44.3 Å². The van der Waals surface area contributed by atoms with Crippen LogP contribution in [0.2, 0.25) is 15.1 Å². The lowest BCUT2D eigenvalue weighted by Gasteiger charge is -2.15. The third-order valence-corrected chi connectivity index (χ3v) is 5.85. The second kappa shape index (κ2) is 10.4. The van der Waals surface area contributed by atoms with E-state index < -0.39 is 5.82 Å². The number of nitrogens with one attached hydrogen (secondary N) is 1. The van der Waals surface area contributed by atoms with Gasteiger partial charge in [-0.2, -0.15) is 5.26 Å². The summed E-state index contributed by atoms with van der Waals surface area (Å²) in [5.41, 5.74) is 2.72. The lowest BCUT2D eigenvalue weighted by Crippen LogP contribution is -2.01. The highest BCUT2D eigenvalue weighted by Crippen LogP contribution is 2.38. The zero-order valence-corrected chi connectivity index (χ0v) is 20.1. The van der Waals surface area contributed by atoms with Crippen LogP contribution in [0, 0.1) is 17.1 Å². The number of H-pyrrole nitrogens is 1. The van der Waals surface area contributed by atoms with Gasteiger partial charge < -0.3 is 14.5 Å². The molecule has 172 valence electrons. The van der Waals surface area contributed by atoms with Crippen molar-refractivity contribution in [2.75, 3.05) is 6.61 Å². The molecule has 0 aliphatic rings. The number of aromatic amines is 1. The number of benzene rings is 3. The van der Waals surface area contributed by atoms with E-state index in [1.165, 1.54) is 12.1 Å². The molecule has 4 aromatic rings. The van der Waals surface area contributed by atoms with E-state index in [-0.39, 0.29) is 12.2 Å². The highest BCUT2D eigenvalue weighted by Gasteiger charge is 2.15. The number of imidazole rings is 1. The van der Waals surface area contributed by atoms with Gasteiger partial charge in [-0.1, -0.05) is 40.9 Å². The molecule has 1 heterocycles. The molecule has 0 radical (unpaired) electrons. The lowest BCUT2D eigenvalue weighted by atomic mass is 10.1. The summed E-state index contributed by atoms with van der Waals surface area (Å²) in [5, 5.41) is 10.9. The molecule has 0 aliphatic heterocycles. The molecule has 0 aliphatic carbocycles. The van der Waals surface area contributed by atoms with Crippen LogP contribution < -0.4 is 9.47 Å². The fourth-order valence-electron chi connectivity index (χ4n) is 3.29. The van der Waals surface area contributed by atoms with Crippen LogP contribution in [-0.2, 0) is 6.61 Å². The first-order valence-electron chi connectivity index (χ1n) is 10.2. The summed E-state index contributed by atoms with van der Waals surface area (Å²) >= 11 is 18.6. The van der Waals surface area contributed by atoms with Crippen LogP contribution in [0.5, 0.6) is 11.5 Å². The van der Waals surface area contributed by atoms with Gasteiger partial charge in [-0.15, -0.1) is 0 Å². The van der Waals surface area contributed by atoms with Crippen molar-refractivity contribution in [2.24, 2.45) is 0 Å². The Morgan fingerprint density at radius 2 is 1.88 bits per heavy atom. The summed E-state index contributed by atoms with van der Waals surface area (Å²) in [6.07, 6.45) is 1.62. The predicted octanol–water partition coefficient (Wildman–Crippen LogP) is 7.70. The fraction of sp³-hybridized carbons (Fsp3) is 0.120. The normalized spacial score (nSPS) is 11.5. The maximum absolute atomic E-state index is 13.5. The van der Waals surface area contributed by atoms with Gasteiger partial charge in [-0.3, -0.25) is 0 Å². The molecule has 0 unspecified atom stereocenters. The van der Waals surface area contributed by atoms with Crippen LogP contribution in [0.25, 0.3) is 22.7 Å². The number of rotatable bonds is 7. The largest absolute Gasteiger partial charge is 0.490 e.